The molecule has 1 fully saturated rings. The predicted molar refractivity (Wildman–Crippen MR) is 122 cm³/mol. The number of nitrogens with one attached hydrogen (secondary N) is 3. The number of amides is 2. The van der Waals surface area contributed by atoms with Crippen molar-refractivity contribution < 1.29 is 9.59 Å². The molecule has 1 aliphatic carbocycles. The number of para-hydroxylation sites is 1. The standard InChI is InChI=1S/C24H27ClN4O2/c1-14-12-18-17-6-3-4-7-21(17)29(11-5-10-26-15(2)30)22(18)24(28-14)19-13-16(25)8-9-20(19)27-23(24)31/h3-4,6-9,13-14,19-20,28H,5,10-12H2,1-2H3,(H,26,30)(H,27,31)/t14-,19?,20?,24+/m0/s1. The Kier molecular flexibility index (Phi) is 4.94. The van der Waals surface area contributed by atoms with E-state index in [9.17, 15) is 9.59 Å². The van der Waals surface area contributed by atoms with Gasteiger partial charge in [0.25, 0.3) is 0 Å². The van der Waals surface area contributed by atoms with Crippen molar-refractivity contribution in [2.45, 2.75) is 50.9 Å². The Bertz CT molecular complexity index is 1130. The molecule has 0 bridgehead atoms. The summed E-state index contributed by atoms with van der Waals surface area (Å²) in [5, 5.41) is 11.6. The van der Waals surface area contributed by atoms with Crippen molar-refractivity contribution in [2.75, 3.05) is 6.54 Å². The van der Waals surface area contributed by atoms with Crippen LogP contribution in [0.5, 0.6) is 0 Å². The molecule has 162 valence electrons. The van der Waals surface area contributed by atoms with E-state index in [4.69, 9.17) is 11.6 Å². The zero-order valence-electron chi connectivity index (χ0n) is 17.7. The highest BCUT2D eigenvalue weighted by Gasteiger charge is 2.59. The van der Waals surface area contributed by atoms with E-state index in [0.29, 0.717) is 18.1 Å². The number of benzene rings is 1. The predicted octanol–water partition coefficient (Wildman–Crippen LogP) is 2.70. The van der Waals surface area contributed by atoms with Gasteiger partial charge in [-0.25, -0.2) is 0 Å². The van der Waals surface area contributed by atoms with Gasteiger partial charge in [-0.15, -0.1) is 0 Å². The topological polar surface area (TPSA) is 75.2 Å². The van der Waals surface area contributed by atoms with Gasteiger partial charge >= 0.3 is 0 Å². The summed E-state index contributed by atoms with van der Waals surface area (Å²) in [5.74, 6) is -0.149. The van der Waals surface area contributed by atoms with E-state index in [1.807, 2.05) is 24.3 Å². The number of rotatable bonds is 4. The van der Waals surface area contributed by atoms with Gasteiger partial charge in [0.05, 0.1) is 11.7 Å². The van der Waals surface area contributed by atoms with E-state index < -0.39 is 5.54 Å². The van der Waals surface area contributed by atoms with Crippen LogP contribution >= 0.6 is 11.6 Å². The quantitative estimate of drug-likeness (QED) is 0.642. The summed E-state index contributed by atoms with van der Waals surface area (Å²) in [6.45, 7) is 4.98. The largest absolute Gasteiger partial charge is 0.356 e. The molecule has 6 nitrogen and oxygen atoms in total. The van der Waals surface area contributed by atoms with Gasteiger partial charge in [0.2, 0.25) is 11.8 Å². The van der Waals surface area contributed by atoms with Crippen molar-refractivity contribution in [1.82, 2.24) is 20.5 Å². The maximum absolute atomic E-state index is 13.6. The minimum Gasteiger partial charge on any atom is -0.356 e. The Balaban J connectivity index is 1.69. The number of carbonyl (C=O) groups is 2. The van der Waals surface area contributed by atoms with Crippen molar-refractivity contribution in [3.8, 4) is 0 Å². The first-order valence-corrected chi connectivity index (χ1v) is 11.3. The molecule has 5 rings (SSSR count). The number of carbonyl (C=O) groups excluding carboxylic acids is 2. The minimum atomic E-state index is -0.879. The summed E-state index contributed by atoms with van der Waals surface area (Å²) in [7, 11) is 0. The van der Waals surface area contributed by atoms with Gasteiger partial charge in [-0.3, -0.25) is 14.9 Å². The highest BCUT2D eigenvalue weighted by Crippen LogP contribution is 2.48. The van der Waals surface area contributed by atoms with Crippen molar-refractivity contribution in [3.63, 3.8) is 0 Å². The van der Waals surface area contributed by atoms with Crippen LogP contribution < -0.4 is 16.0 Å². The lowest BCUT2D eigenvalue weighted by molar-refractivity contribution is -0.126. The molecule has 2 unspecified atom stereocenters. The number of aryl methyl sites for hydroxylation is 1. The van der Waals surface area contributed by atoms with Crippen LogP contribution in [-0.4, -0.2) is 35.0 Å². The highest BCUT2D eigenvalue weighted by molar-refractivity contribution is 6.31. The molecular formula is C24H27ClN4O2. The summed E-state index contributed by atoms with van der Waals surface area (Å²) < 4.78 is 2.29. The Hall–Kier alpha value is -2.57. The van der Waals surface area contributed by atoms with Crippen LogP contribution in [-0.2, 0) is 28.1 Å². The van der Waals surface area contributed by atoms with Gasteiger partial charge in [0.1, 0.15) is 5.54 Å². The number of fused-ring (bicyclic) bond motifs is 6. The maximum Gasteiger partial charge on any atom is 0.247 e. The average Bonchev–Trinajstić information content (AvgIpc) is 3.18. The van der Waals surface area contributed by atoms with Crippen LogP contribution in [0.2, 0.25) is 0 Å². The second-order valence-corrected chi connectivity index (χ2v) is 9.26. The third-order valence-electron chi connectivity index (χ3n) is 6.71. The molecule has 0 saturated carbocycles. The molecule has 31 heavy (non-hydrogen) atoms. The Morgan fingerprint density at radius 1 is 1.35 bits per heavy atom. The lowest BCUT2D eigenvalue weighted by atomic mass is 9.73. The Labute approximate surface area is 186 Å². The Morgan fingerprint density at radius 2 is 2.16 bits per heavy atom. The molecule has 1 saturated heterocycles. The lowest BCUT2D eigenvalue weighted by Crippen LogP contribution is -2.59. The molecular weight excluding hydrogens is 412 g/mol. The van der Waals surface area contributed by atoms with E-state index >= 15 is 0 Å². The van der Waals surface area contributed by atoms with Crippen molar-refractivity contribution in [1.29, 1.82) is 0 Å². The molecule has 7 heteroatoms. The first-order chi connectivity index (χ1) is 14.9. The lowest BCUT2D eigenvalue weighted by Gasteiger charge is -2.42. The van der Waals surface area contributed by atoms with Crippen LogP contribution in [0.3, 0.4) is 0 Å². The third-order valence-corrected chi connectivity index (χ3v) is 6.96. The number of allylic oxidation sites excluding steroid dienone is 2. The smallest absolute Gasteiger partial charge is 0.247 e. The van der Waals surface area contributed by atoms with Gasteiger partial charge in [-0.05, 0) is 37.5 Å². The second kappa shape index (κ2) is 7.53. The number of halogens is 1. The molecule has 4 atom stereocenters. The van der Waals surface area contributed by atoms with Gasteiger partial charge in [0, 0.05) is 47.9 Å². The van der Waals surface area contributed by atoms with E-state index in [1.165, 1.54) is 17.9 Å². The van der Waals surface area contributed by atoms with Crippen LogP contribution in [0.1, 0.15) is 31.5 Å². The van der Waals surface area contributed by atoms with Gasteiger partial charge in [-0.2, -0.15) is 0 Å². The Morgan fingerprint density at radius 3 is 2.97 bits per heavy atom. The number of nitrogens with zero attached hydrogens (tertiary/aromatic N) is 1. The fourth-order valence-electron chi connectivity index (χ4n) is 5.60. The number of hydrogen-bond donors (Lipinski definition) is 3. The fourth-order valence-corrected chi connectivity index (χ4v) is 5.81. The summed E-state index contributed by atoms with van der Waals surface area (Å²) >= 11 is 6.41. The molecule has 2 aromatic rings. The molecule has 0 radical (unpaired) electrons. The van der Waals surface area contributed by atoms with Gasteiger partial charge in [0.15, 0.2) is 0 Å². The molecule has 3 heterocycles. The number of hydrogen-bond acceptors (Lipinski definition) is 3. The molecule has 2 amide bonds. The molecule has 1 spiro atoms. The van der Waals surface area contributed by atoms with Crippen LogP contribution in [0, 0.1) is 5.92 Å². The van der Waals surface area contributed by atoms with Gasteiger partial charge < -0.3 is 15.2 Å². The molecule has 3 aliphatic rings. The second-order valence-electron chi connectivity index (χ2n) is 8.83. The monoisotopic (exact) mass is 438 g/mol. The first-order valence-electron chi connectivity index (χ1n) is 10.9. The van der Waals surface area contributed by atoms with Crippen LogP contribution in [0.4, 0.5) is 0 Å². The van der Waals surface area contributed by atoms with Crippen LogP contribution in [0.15, 0.2) is 47.5 Å². The molecule has 2 aliphatic heterocycles. The molecule has 1 aromatic heterocycles. The number of aromatic nitrogens is 1. The van der Waals surface area contributed by atoms with Crippen LogP contribution in [0.25, 0.3) is 10.9 Å². The average molecular weight is 439 g/mol. The fraction of sp³-hybridized carbons (Fsp3) is 0.417. The zero-order chi connectivity index (χ0) is 21.8. The SMILES string of the molecule is CC(=O)NCCCn1c2c(c3ccccc31)C[C@H](C)N[C@@]21C(=O)NC2C=CC(Cl)=CC21. The highest BCUT2D eigenvalue weighted by atomic mass is 35.5. The summed E-state index contributed by atoms with van der Waals surface area (Å²) in [5.41, 5.74) is 2.52. The van der Waals surface area contributed by atoms with Crippen molar-refractivity contribution in [3.05, 3.63) is 58.8 Å². The summed E-state index contributed by atoms with van der Waals surface area (Å²) in [4.78, 5) is 24.9. The van der Waals surface area contributed by atoms with E-state index in [2.05, 4.69) is 45.6 Å². The summed E-state index contributed by atoms with van der Waals surface area (Å²) in [6, 6.07) is 8.43. The van der Waals surface area contributed by atoms with Gasteiger partial charge in [-0.1, -0.05) is 42.0 Å². The minimum absolute atomic E-state index is 0.00603. The normalized spacial score (nSPS) is 28.9. The van der Waals surface area contributed by atoms with E-state index in [-0.39, 0.29) is 29.8 Å². The van der Waals surface area contributed by atoms with Crippen molar-refractivity contribution in [2.24, 2.45) is 5.92 Å². The molecule has 3 N–H and O–H groups in total. The zero-order valence-corrected chi connectivity index (χ0v) is 18.5. The summed E-state index contributed by atoms with van der Waals surface area (Å²) in [6.07, 6.45) is 7.50. The van der Waals surface area contributed by atoms with E-state index in [1.54, 1.807) is 0 Å². The maximum atomic E-state index is 13.6. The molecule has 1 aromatic carbocycles. The first kappa shape index (κ1) is 20.3. The van der Waals surface area contributed by atoms with E-state index in [0.717, 1.165) is 24.1 Å². The van der Waals surface area contributed by atoms with Crippen molar-refractivity contribution >= 4 is 34.3 Å². The third kappa shape index (κ3) is 3.12.